The van der Waals surface area contributed by atoms with Crippen LogP contribution in [0.15, 0.2) is 0 Å². The number of rotatable bonds is 0. The minimum absolute atomic E-state index is 0.0747. The molecular formula is C13H22O2. The third-order valence-corrected chi connectivity index (χ3v) is 4.85. The Kier molecular flexibility index (Phi) is 1.97. The Labute approximate surface area is 92.4 Å². The summed E-state index contributed by atoms with van der Waals surface area (Å²) in [7, 11) is 0. The number of carbonyl (C=O) groups excluding carboxylic acids is 1. The second-order valence-corrected chi connectivity index (χ2v) is 6.86. The van der Waals surface area contributed by atoms with Crippen LogP contribution in [0, 0.1) is 16.7 Å². The van der Waals surface area contributed by atoms with Gasteiger partial charge in [0.15, 0.2) is 0 Å². The Morgan fingerprint density at radius 2 is 1.60 bits per heavy atom. The lowest BCUT2D eigenvalue weighted by Gasteiger charge is -2.66. The summed E-state index contributed by atoms with van der Waals surface area (Å²) in [5, 5.41) is 0. The molecule has 15 heavy (non-hydrogen) atoms. The van der Waals surface area contributed by atoms with Crippen molar-refractivity contribution in [1.29, 1.82) is 0 Å². The summed E-state index contributed by atoms with van der Waals surface area (Å²) in [6, 6.07) is 0. The van der Waals surface area contributed by atoms with E-state index >= 15 is 0 Å². The Morgan fingerprint density at radius 3 is 2.13 bits per heavy atom. The molecule has 2 fully saturated rings. The standard InChI is InChI=1S/C13H22O2/c1-11(2)7-8(14)9-10(15-11)13(5,6)12(9,3)4/h9-10H,7H2,1-6H3/t9-,10+/m1/s1. The van der Waals surface area contributed by atoms with Crippen molar-refractivity contribution in [3.63, 3.8) is 0 Å². The van der Waals surface area contributed by atoms with Crippen LogP contribution in [0.5, 0.6) is 0 Å². The number of fused-ring (bicyclic) bond motifs is 1. The van der Waals surface area contributed by atoms with Gasteiger partial charge in [-0.05, 0) is 24.7 Å². The summed E-state index contributed by atoms with van der Waals surface area (Å²) < 4.78 is 6.07. The topological polar surface area (TPSA) is 26.3 Å². The Balaban J connectivity index is 2.32. The molecule has 2 rings (SSSR count). The number of ketones is 1. The normalized spacial score (nSPS) is 40.5. The summed E-state index contributed by atoms with van der Waals surface area (Å²) in [6.07, 6.45) is 0.678. The number of hydrogen-bond donors (Lipinski definition) is 0. The van der Waals surface area contributed by atoms with E-state index < -0.39 is 0 Å². The molecule has 0 radical (unpaired) electrons. The van der Waals surface area contributed by atoms with Crippen molar-refractivity contribution in [1.82, 2.24) is 0 Å². The predicted molar refractivity (Wildman–Crippen MR) is 59.6 cm³/mol. The molecule has 0 spiro atoms. The average molecular weight is 210 g/mol. The van der Waals surface area contributed by atoms with Crippen molar-refractivity contribution < 1.29 is 9.53 Å². The van der Waals surface area contributed by atoms with Crippen LogP contribution in [0.2, 0.25) is 0 Å². The van der Waals surface area contributed by atoms with Crippen molar-refractivity contribution in [3.05, 3.63) is 0 Å². The lowest BCUT2D eigenvalue weighted by Crippen LogP contribution is -2.71. The SMILES string of the molecule is CC1(C)CC(=O)[C@@H]2[C@H](O1)C(C)(C)C2(C)C. The van der Waals surface area contributed by atoms with Crippen molar-refractivity contribution >= 4 is 5.78 Å². The fourth-order valence-electron chi connectivity index (χ4n) is 3.17. The first kappa shape index (κ1) is 11.1. The minimum Gasteiger partial charge on any atom is -0.371 e. The maximum atomic E-state index is 12.1. The molecule has 1 heterocycles. The van der Waals surface area contributed by atoms with E-state index in [1.54, 1.807) is 0 Å². The van der Waals surface area contributed by atoms with Crippen molar-refractivity contribution in [2.24, 2.45) is 16.7 Å². The van der Waals surface area contributed by atoms with Crippen molar-refractivity contribution in [2.45, 2.75) is 59.7 Å². The molecule has 0 aromatic carbocycles. The van der Waals surface area contributed by atoms with Crippen LogP contribution < -0.4 is 0 Å². The molecule has 2 atom stereocenters. The zero-order valence-electron chi connectivity index (χ0n) is 10.7. The molecular weight excluding hydrogens is 188 g/mol. The highest BCUT2D eigenvalue weighted by molar-refractivity contribution is 5.85. The van der Waals surface area contributed by atoms with Gasteiger partial charge in [0.1, 0.15) is 5.78 Å². The molecule has 0 bridgehead atoms. The molecule has 1 aliphatic carbocycles. The number of Topliss-reactive ketones (excluding diaryl/α,β-unsaturated/α-hetero) is 1. The molecule has 0 amide bonds. The molecule has 2 aliphatic rings. The van der Waals surface area contributed by atoms with E-state index in [2.05, 4.69) is 27.7 Å². The Hall–Kier alpha value is -0.370. The molecule has 0 aromatic rings. The van der Waals surface area contributed by atoms with E-state index in [-0.39, 0.29) is 28.5 Å². The maximum Gasteiger partial charge on any atom is 0.142 e. The number of hydrogen-bond acceptors (Lipinski definition) is 2. The average Bonchev–Trinajstić information content (AvgIpc) is 1.99. The zero-order valence-corrected chi connectivity index (χ0v) is 10.7. The second-order valence-electron chi connectivity index (χ2n) is 6.86. The van der Waals surface area contributed by atoms with E-state index in [1.165, 1.54) is 0 Å². The van der Waals surface area contributed by atoms with Crippen LogP contribution >= 0.6 is 0 Å². The van der Waals surface area contributed by atoms with E-state index in [1.807, 2.05) is 13.8 Å². The fourth-order valence-corrected chi connectivity index (χ4v) is 3.17. The Morgan fingerprint density at radius 1 is 1.07 bits per heavy atom. The lowest BCUT2D eigenvalue weighted by atomic mass is 9.42. The van der Waals surface area contributed by atoms with Gasteiger partial charge in [-0.1, -0.05) is 27.7 Å². The smallest absolute Gasteiger partial charge is 0.142 e. The molecule has 2 nitrogen and oxygen atoms in total. The molecule has 0 N–H and O–H groups in total. The van der Waals surface area contributed by atoms with Gasteiger partial charge in [-0.2, -0.15) is 0 Å². The van der Waals surface area contributed by atoms with Crippen molar-refractivity contribution in [2.75, 3.05) is 0 Å². The molecule has 1 aliphatic heterocycles. The zero-order chi connectivity index (χ0) is 11.6. The summed E-state index contributed by atoms with van der Waals surface area (Å²) in [4.78, 5) is 12.1. The van der Waals surface area contributed by atoms with Crippen LogP contribution in [0.1, 0.15) is 48.0 Å². The van der Waals surface area contributed by atoms with Gasteiger partial charge >= 0.3 is 0 Å². The molecule has 0 aromatic heterocycles. The monoisotopic (exact) mass is 210 g/mol. The van der Waals surface area contributed by atoms with E-state index in [4.69, 9.17) is 4.74 Å². The van der Waals surface area contributed by atoms with Gasteiger partial charge < -0.3 is 4.74 Å². The van der Waals surface area contributed by atoms with E-state index in [0.29, 0.717) is 12.2 Å². The summed E-state index contributed by atoms with van der Waals surface area (Å²) in [5.74, 6) is 0.501. The summed E-state index contributed by atoms with van der Waals surface area (Å²) >= 11 is 0. The Bertz CT molecular complexity index is 312. The van der Waals surface area contributed by atoms with Gasteiger partial charge in [0, 0.05) is 6.42 Å². The van der Waals surface area contributed by atoms with Crippen molar-refractivity contribution in [3.8, 4) is 0 Å². The van der Waals surface area contributed by atoms with Gasteiger partial charge in [0.25, 0.3) is 0 Å². The molecule has 2 heteroatoms. The van der Waals surface area contributed by atoms with Gasteiger partial charge in [0.05, 0.1) is 17.6 Å². The summed E-state index contributed by atoms with van der Waals surface area (Å²) in [6.45, 7) is 12.8. The number of ether oxygens (including phenoxy) is 1. The van der Waals surface area contributed by atoms with Gasteiger partial charge in [-0.25, -0.2) is 0 Å². The molecule has 86 valence electrons. The van der Waals surface area contributed by atoms with Crippen LogP contribution in [-0.2, 0) is 9.53 Å². The van der Waals surface area contributed by atoms with Crippen LogP contribution in [0.4, 0.5) is 0 Å². The van der Waals surface area contributed by atoms with Gasteiger partial charge in [0.2, 0.25) is 0 Å². The molecule has 0 unspecified atom stereocenters. The molecule has 1 saturated carbocycles. The third kappa shape index (κ3) is 1.24. The largest absolute Gasteiger partial charge is 0.371 e. The van der Waals surface area contributed by atoms with Crippen LogP contribution in [0.25, 0.3) is 0 Å². The predicted octanol–water partition coefficient (Wildman–Crippen LogP) is 2.81. The maximum absolute atomic E-state index is 12.1. The third-order valence-electron chi connectivity index (χ3n) is 4.85. The summed E-state index contributed by atoms with van der Waals surface area (Å²) in [5.41, 5.74) is -0.0950. The van der Waals surface area contributed by atoms with E-state index in [0.717, 1.165) is 0 Å². The highest BCUT2D eigenvalue weighted by atomic mass is 16.5. The minimum atomic E-state index is -0.272. The van der Waals surface area contributed by atoms with Crippen LogP contribution in [-0.4, -0.2) is 17.5 Å². The second kappa shape index (κ2) is 2.65. The quantitative estimate of drug-likeness (QED) is 0.614. The van der Waals surface area contributed by atoms with E-state index in [9.17, 15) is 4.79 Å². The highest BCUT2D eigenvalue weighted by Crippen LogP contribution is 2.64. The molecule has 1 saturated heterocycles. The first-order chi connectivity index (χ1) is 6.59. The first-order valence-electron chi connectivity index (χ1n) is 5.80. The van der Waals surface area contributed by atoms with Gasteiger partial charge in [-0.3, -0.25) is 4.79 Å². The lowest BCUT2D eigenvalue weighted by molar-refractivity contribution is -0.280. The van der Waals surface area contributed by atoms with Crippen LogP contribution in [0.3, 0.4) is 0 Å². The number of carbonyl (C=O) groups is 1. The first-order valence-corrected chi connectivity index (χ1v) is 5.80. The fraction of sp³-hybridized carbons (Fsp3) is 0.923. The highest BCUT2D eigenvalue weighted by Gasteiger charge is 2.68. The van der Waals surface area contributed by atoms with Gasteiger partial charge in [-0.15, -0.1) is 0 Å².